The molecule has 2 unspecified atom stereocenters. The van der Waals surface area contributed by atoms with Gasteiger partial charge < -0.3 is 4.90 Å². The Morgan fingerprint density at radius 1 is 1.47 bits per heavy atom. The molecule has 0 amide bonds. The quantitative estimate of drug-likeness (QED) is 0.786. The average molecular weight is 257 g/mol. The van der Waals surface area contributed by atoms with Crippen LogP contribution in [0.1, 0.15) is 26.2 Å². The second-order valence-corrected chi connectivity index (χ2v) is 6.83. The van der Waals surface area contributed by atoms with Crippen molar-refractivity contribution in [2.45, 2.75) is 37.5 Å². The van der Waals surface area contributed by atoms with Crippen molar-refractivity contribution >= 4 is 10.0 Å². The molecule has 0 aliphatic carbocycles. The molecule has 3 rings (SSSR count). The molecule has 0 aromatic heterocycles. The number of rotatable bonds is 4. The van der Waals surface area contributed by atoms with Crippen LogP contribution in [0.25, 0.3) is 0 Å². The zero-order chi connectivity index (χ0) is 12.5. The van der Waals surface area contributed by atoms with Crippen LogP contribution in [-0.2, 0) is 10.0 Å². The smallest absolute Gasteiger partial charge is 0.228 e. The fourth-order valence-corrected chi connectivity index (χ4v) is 4.20. The molecule has 3 fully saturated rings. The van der Waals surface area contributed by atoms with Crippen LogP contribution in [0.3, 0.4) is 0 Å². The summed E-state index contributed by atoms with van der Waals surface area (Å²) in [6.45, 7) is 4.69. The van der Waals surface area contributed by atoms with Gasteiger partial charge in [-0.25, -0.2) is 13.1 Å². The van der Waals surface area contributed by atoms with Crippen LogP contribution in [0.15, 0.2) is 0 Å². The van der Waals surface area contributed by atoms with Crippen molar-refractivity contribution < 1.29 is 8.42 Å². The zero-order valence-electron chi connectivity index (χ0n) is 10.1. The van der Waals surface area contributed by atoms with E-state index in [4.69, 9.17) is 5.26 Å². The standard InChI is InChI=1S/C11H19N3O2S/c1-2-10(7-12)17(15,16)13-11-8-14-5-3-9(11)4-6-14/h9-11,13H,2-6,8H2,1H3. The number of nitriles is 1. The lowest BCUT2D eigenvalue weighted by Crippen LogP contribution is -2.58. The first-order valence-corrected chi connectivity index (χ1v) is 7.74. The Labute approximate surface area is 103 Å². The predicted molar refractivity (Wildman–Crippen MR) is 64.7 cm³/mol. The zero-order valence-corrected chi connectivity index (χ0v) is 10.9. The predicted octanol–water partition coefficient (Wildman–Crippen LogP) is 0.302. The van der Waals surface area contributed by atoms with Crippen molar-refractivity contribution in [2.75, 3.05) is 19.6 Å². The molecule has 2 bridgehead atoms. The lowest BCUT2D eigenvalue weighted by molar-refractivity contribution is 0.0826. The van der Waals surface area contributed by atoms with Gasteiger partial charge in [-0.2, -0.15) is 5.26 Å². The van der Waals surface area contributed by atoms with Crippen LogP contribution < -0.4 is 4.72 Å². The molecule has 0 saturated carbocycles. The Bertz CT molecular complexity index is 407. The number of nitrogens with zero attached hydrogens (tertiary/aromatic N) is 2. The number of piperidine rings is 3. The number of sulfonamides is 1. The summed E-state index contributed by atoms with van der Waals surface area (Å²) in [5, 5.41) is 7.92. The Balaban J connectivity index is 2.04. The lowest BCUT2D eigenvalue weighted by atomic mass is 9.85. The highest BCUT2D eigenvalue weighted by atomic mass is 32.2. The summed E-state index contributed by atoms with van der Waals surface area (Å²) in [5.74, 6) is 0.450. The van der Waals surface area contributed by atoms with Gasteiger partial charge in [-0.3, -0.25) is 0 Å². The van der Waals surface area contributed by atoms with E-state index in [0.717, 1.165) is 32.5 Å². The second-order valence-electron chi connectivity index (χ2n) is 4.93. The molecular formula is C11H19N3O2S. The number of fused-ring (bicyclic) bond motifs is 3. The third-order valence-electron chi connectivity index (χ3n) is 3.86. The van der Waals surface area contributed by atoms with Crippen molar-refractivity contribution in [3.05, 3.63) is 0 Å². The highest BCUT2D eigenvalue weighted by molar-refractivity contribution is 7.90. The first-order valence-electron chi connectivity index (χ1n) is 6.20. The van der Waals surface area contributed by atoms with E-state index in [1.54, 1.807) is 6.92 Å². The molecule has 17 heavy (non-hydrogen) atoms. The summed E-state index contributed by atoms with van der Waals surface area (Å²) in [6, 6.07) is 1.87. The van der Waals surface area contributed by atoms with Gasteiger partial charge in [-0.05, 0) is 38.3 Å². The molecule has 3 aliphatic rings. The van der Waals surface area contributed by atoms with Gasteiger partial charge >= 0.3 is 0 Å². The van der Waals surface area contributed by atoms with Crippen molar-refractivity contribution in [3.63, 3.8) is 0 Å². The average Bonchev–Trinajstić information content (AvgIpc) is 2.31. The largest absolute Gasteiger partial charge is 0.302 e. The molecule has 0 aromatic rings. The second kappa shape index (κ2) is 4.92. The van der Waals surface area contributed by atoms with E-state index in [2.05, 4.69) is 9.62 Å². The molecule has 6 heteroatoms. The van der Waals surface area contributed by atoms with Crippen LogP contribution in [-0.4, -0.2) is 44.2 Å². The highest BCUT2D eigenvalue weighted by Gasteiger charge is 2.37. The summed E-state index contributed by atoms with van der Waals surface area (Å²) in [7, 11) is -3.48. The summed E-state index contributed by atoms with van der Waals surface area (Å²) in [6.07, 6.45) is 2.47. The molecule has 96 valence electrons. The Kier molecular flexibility index (Phi) is 3.71. The number of hydrogen-bond donors (Lipinski definition) is 1. The fourth-order valence-electron chi connectivity index (χ4n) is 2.77. The Morgan fingerprint density at radius 3 is 2.53 bits per heavy atom. The normalized spacial score (nSPS) is 34.2. The van der Waals surface area contributed by atoms with E-state index in [1.807, 2.05) is 6.07 Å². The Hall–Kier alpha value is -0.640. The van der Waals surface area contributed by atoms with E-state index < -0.39 is 15.3 Å². The van der Waals surface area contributed by atoms with Crippen molar-refractivity contribution in [3.8, 4) is 6.07 Å². The third kappa shape index (κ3) is 2.62. The van der Waals surface area contributed by atoms with E-state index in [1.165, 1.54) is 0 Å². The van der Waals surface area contributed by atoms with E-state index in [-0.39, 0.29) is 6.04 Å². The molecule has 0 aromatic carbocycles. The van der Waals surface area contributed by atoms with Gasteiger partial charge in [0.05, 0.1) is 6.07 Å². The van der Waals surface area contributed by atoms with Gasteiger partial charge in [-0.1, -0.05) is 6.92 Å². The molecule has 1 N–H and O–H groups in total. The van der Waals surface area contributed by atoms with Crippen molar-refractivity contribution in [1.82, 2.24) is 9.62 Å². The molecule has 3 aliphatic heterocycles. The topological polar surface area (TPSA) is 73.2 Å². The highest BCUT2D eigenvalue weighted by Crippen LogP contribution is 2.28. The molecular weight excluding hydrogens is 238 g/mol. The van der Waals surface area contributed by atoms with Gasteiger partial charge in [0.1, 0.15) is 0 Å². The fraction of sp³-hybridized carbons (Fsp3) is 0.909. The van der Waals surface area contributed by atoms with E-state index in [0.29, 0.717) is 12.3 Å². The lowest BCUT2D eigenvalue weighted by Gasteiger charge is -2.44. The first kappa shape index (κ1) is 12.8. The minimum atomic E-state index is -3.48. The van der Waals surface area contributed by atoms with Crippen molar-refractivity contribution in [2.24, 2.45) is 5.92 Å². The van der Waals surface area contributed by atoms with Gasteiger partial charge in [0, 0.05) is 12.6 Å². The maximum absolute atomic E-state index is 12.0. The third-order valence-corrected chi connectivity index (χ3v) is 5.68. The summed E-state index contributed by atoms with van der Waals surface area (Å²) in [4.78, 5) is 2.29. The minimum absolute atomic E-state index is 0.00454. The minimum Gasteiger partial charge on any atom is -0.302 e. The van der Waals surface area contributed by atoms with Crippen LogP contribution in [0.5, 0.6) is 0 Å². The van der Waals surface area contributed by atoms with Gasteiger partial charge in [0.25, 0.3) is 0 Å². The van der Waals surface area contributed by atoms with Crippen LogP contribution in [0, 0.1) is 17.2 Å². The summed E-state index contributed by atoms with van der Waals surface area (Å²) in [5.41, 5.74) is 0. The molecule has 0 spiro atoms. The summed E-state index contributed by atoms with van der Waals surface area (Å²) < 4.78 is 26.7. The Morgan fingerprint density at radius 2 is 2.12 bits per heavy atom. The molecule has 5 nitrogen and oxygen atoms in total. The molecule has 3 heterocycles. The maximum atomic E-state index is 12.0. The van der Waals surface area contributed by atoms with E-state index in [9.17, 15) is 8.42 Å². The maximum Gasteiger partial charge on any atom is 0.228 e. The van der Waals surface area contributed by atoms with Gasteiger partial charge in [0.15, 0.2) is 5.25 Å². The SMILES string of the molecule is CCC(C#N)S(=O)(=O)NC1CN2CCC1CC2. The van der Waals surface area contributed by atoms with Crippen LogP contribution in [0.4, 0.5) is 0 Å². The molecule has 3 saturated heterocycles. The van der Waals surface area contributed by atoms with Crippen LogP contribution in [0.2, 0.25) is 0 Å². The van der Waals surface area contributed by atoms with Crippen molar-refractivity contribution in [1.29, 1.82) is 5.26 Å². The monoisotopic (exact) mass is 257 g/mol. The number of hydrogen-bond acceptors (Lipinski definition) is 4. The van der Waals surface area contributed by atoms with E-state index >= 15 is 0 Å². The van der Waals surface area contributed by atoms with Gasteiger partial charge in [0.2, 0.25) is 10.0 Å². The first-order chi connectivity index (χ1) is 8.06. The van der Waals surface area contributed by atoms with Gasteiger partial charge in [-0.15, -0.1) is 0 Å². The van der Waals surface area contributed by atoms with Crippen LogP contribution >= 0.6 is 0 Å². The number of nitrogens with one attached hydrogen (secondary N) is 1. The molecule has 2 atom stereocenters. The summed E-state index contributed by atoms with van der Waals surface area (Å²) >= 11 is 0. The molecule has 0 radical (unpaired) electrons.